The van der Waals surface area contributed by atoms with Crippen LogP contribution in [0.2, 0.25) is 0 Å². The summed E-state index contributed by atoms with van der Waals surface area (Å²) in [7, 11) is 1.78. The Balaban J connectivity index is 2.66. The fourth-order valence-corrected chi connectivity index (χ4v) is 1.06. The van der Waals surface area contributed by atoms with E-state index in [-0.39, 0.29) is 0 Å². The molecular formula is C4H6Si2. The molecule has 0 aliphatic carbocycles. The molecule has 0 heterocycles. The standard InChI is InChI=1S/C4H6Si2/c1-3-5-6-4-2/h3-4H,1-2H2. The molecule has 6 heavy (non-hydrogen) atoms. The average molecular weight is 110 g/mol. The summed E-state index contributed by atoms with van der Waals surface area (Å²) in [5, 5.41) is 0. The number of hydrogen-bond acceptors (Lipinski definition) is 0. The Kier molecular flexibility index (Phi) is 4.84. The summed E-state index contributed by atoms with van der Waals surface area (Å²) in [5.41, 5.74) is 3.86. The van der Waals surface area contributed by atoms with E-state index in [0.29, 0.717) is 0 Å². The van der Waals surface area contributed by atoms with Crippen LogP contribution in [-0.2, 0) is 0 Å². The van der Waals surface area contributed by atoms with Crippen LogP contribution >= 0.6 is 0 Å². The van der Waals surface area contributed by atoms with Gasteiger partial charge in [-0.2, -0.15) is 0 Å². The maximum Gasteiger partial charge on any atom is 0.0592 e. The molecule has 0 aliphatic heterocycles. The SMILES string of the molecule is C=C[Si][Si]C=C. The van der Waals surface area contributed by atoms with Crippen LogP contribution in [0.4, 0.5) is 0 Å². The Morgan fingerprint density at radius 3 is 1.50 bits per heavy atom. The van der Waals surface area contributed by atoms with Crippen LogP contribution in [0.1, 0.15) is 0 Å². The van der Waals surface area contributed by atoms with E-state index in [1.165, 1.54) is 0 Å². The third-order valence-corrected chi connectivity index (χ3v) is 2.59. The zero-order chi connectivity index (χ0) is 4.83. The van der Waals surface area contributed by atoms with Crippen molar-refractivity contribution in [1.29, 1.82) is 0 Å². The summed E-state index contributed by atoms with van der Waals surface area (Å²) in [4.78, 5) is 0. The lowest BCUT2D eigenvalue weighted by Gasteiger charge is -1.71. The Hall–Kier alpha value is -0.0862. The molecule has 0 rings (SSSR count). The Labute approximate surface area is 43.4 Å². The van der Waals surface area contributed by atoms with Crippen LogP contribution in [0, 0.1) is 0 Å². The van der Waals surface area contributed by atoms with Gasteiger partial charge in [0.15, 0.2) is 0 Å². The molecule has 0 amide bonds. The molecule has 0 nitrogen and oxygen atoms in total. The van der Waals surface area contributed by atoms with Crippen molar-refractivity contribution in [3.05, 3.63) is 24.6 Å². The van der Waals surface area contributed by atoms with E-state index >= 15 is 0 Å². The maximum absolute atomic E-state index is 3.57. The minimum atomic E-state index is 0.889. The van der Waals surface area contributed by atoms with E-state index < -0.39 is 0 Å². The highest BCUT2D eigenvalue weighted by Gasteiger charge is 1.71. The van der Waals surface area contributed by atoms with Crippen molar-refractivity contribution in [2.75, 3.05) is 0 Å². The molecule has 0 aromatic carbocycles. The Morgan fingerprint density at radius 1 is 1.00 bits per heavy atom. The topological polar surface area (TPSA) is 0 Å². The zero-order valence-electron chi connectivity index (χ0n) is 3.57. The molecule has 0 atom stereocenters. The van der Waals surface area contributed by atoms with E-state index in [0.717, 1.165) is 18.1 Å². The molecule has 0 aliphatic rings. The average Bonchev–Trinajstić information content (AvgIpc) is 1.61. The van der Waals surface area contributed by atoms with Crippen LogP contribution in [0.3, 0.4) is 0 Å². The zero-order valence-corrected chi connectivity index (χ0v) is 5.57. The van der Waals surface area contributed by atoms with E-state index in [1.807, 2.05) is 11.4 Å². The minimum Gasteiger partial charge on any atom is -0.109 e. The molecule has 0 aromatic rings. The van der Waals surface area contributed by atoms with Gasteiger partial charge in [0.25, 0.3) is 0 Å². The molecule has 0 bridgehead atoms. The predicted octanol–water partition coefficient (Wildman–Crippen LogP) is 0.597. The van der Waals surface area contributed by atoms with Crippen molar-refractivity contribution in [1.82, 2.24) is 0 Å². The quantitative estimate of drug-likeness (QED) is 0.368. The van der Waals surface area contributed by atoms with Gasteiger partial charge in [-0.3, -0.25) is 0 Å². The van der Waals surface area contributed by atoms with Gasteiger partial charge in [0.2, 0.25) is 0 Å². The van der Waals surface area contributed by atoms with Crippen molar-refractivity contribution in [3.63, 3.8) is 0 Å². The van der Waals surface area contributed by atoms with Gasteiger partial charge in [-0.25, -0.2) is 0 Å². The fourth-order valence-electron chi connectivity index (χ4n) is 0.118. The van der Waals surface area contributed by atoms with Gasteiger partial charge in [0.05, 0.1) is 18.1 Å². The van der Waals surface area contributed by atoms with E-state index in [2.05, 4.69) is 13.2 Å². The van der Waals surface area contributed by atoms with Gasteiger partial charge in [0, 0.05) is 0 Å². The second kappa shape index (κ2) is 4.91. The van der Waals surface area contributed by atoms with Crippen molar-refractivity contribution in [3.8, 4) is 0 Å². The highest BCUT2D eigenvalue weighted by Crippen LogP contribution is 1.57. The van der Waals surface area contributed by atoms with Crippen molar-refractivity contribution < 1.29 is 0 Å². The summed E-state index contributed by atoms with van der Waals surface area (Å²) in [6.45, 7) is 7.14. The second-order valence-corrected chi connectivity index (χ2v) is 3.82. The highest BCUT2D eigenvalue weighted by atomic mass is 29.1. The molecule has 0 saturated heterocycles. The molecule has 30 valence electrons. The summed E-state index contributed by atoms with van der Waals surface area (Å²) in [6.07, 6.45) is 0. The first-order chi connectivity index (χ1) is 2.91. The van der Waals surface area contributed by atoms with Crippen LogP contribution in [0.5, 0.6) is 0 Å². The Bertz CT molecular complexity index is 41.5. The maximum atomic E-state index is 3.57. The molecule has 0 spiro atoms. The lowest BCUT2D eigenvalue weighted by Crippen LogP contribution is -1.92. The fraction of sp³-hybridized carbons (Fsp3) is 0. The Morgan fingerprint density at radius 2 is 1.33 bits per heavy atom. The van der Waals surface area contributed by atoms with Gasteiger partial charge in [-0.15, -0.1) is 24.6 Å². The molecule has 0 saturated carbocycles. The van der Waals surface area contributed by atoms with Crippen molar-refractivity contribution in [2.24, 2.45) is 0 Å². The summed E-state index contributed by atoms with van der Waals surface area (Å²) in [5.74, 6) is 0. The lowest BCUT2D eigenvalue weighted by molar-refractivity contribution is 2.54. The van der Waals surface area contributed by atoms with E-state index in [9.17, 15) is 0 Å². The van der Waals surface area contributed by atoms with E-state index in [4.69, 9.17) is 0 Å². The van der Waals surface area contributed by atoms with Gasteiger partial charge >= 0.3 is 0 Å². The first-order valence-corrected chi connectivity index (χ1v) is 4.80. The summed E-state index contributed by atoms with van der Waals surface area (Å²) >= 11 is 0. The molecule has 4 radical (unpaired) electrons. The van der Waals surface area contributed by atoms with Gasteiger partial charge < -0.3 is 0 Å². The van der Waals surface area contributed by atoms with Crippen LogP contribution in [0.15, 0.2) is 24.6 Å². The molecule has 0 fully saturated rings. The van der Waals surface area contributed by atoms with Gasteiger partial charge in [0.1, 0.15) is 0 Å². The smallest absolute Gasteiger partial charge is 0.0592 e. The molecule has 0 N–H and O–H groups in total. The first-order valence-electron chi connectivity index (χ1n) is 1.64. The monoisotopic (exact) mass is 110 g/mol. The van der Waals surface area contributed by atoms with Gasteiger partial charge in [-0.1, -0.05) is 0 Å². The largest absolute Gasteiger partial charge is 0.109 e. The molecule has 0 unspecified atom stereocenters. The predicted molar refractivity (Wildman–Crippen MR) is 31.9 cm³/mol. The van der Waals surface area contributed by atoms with Crippen LogP contribution < -0.4 is 0 Å². The van der Waals surface area contributed by atoms with Crippen molar-refractivity contribution >= 4 is 18.1 Å². The second-order valence-electron chi connectivity index (χ2n) is 0.697. The normalized spacial score (nSPS) is 7.33. The molecule has 0 aromatic heterocycles. The first kappa shape index (κ1) is 5.91. The third kappa shape index (κ3) is 3.91. The highest BCUT2D eigenvalue weighted by molar-refractivity contribution is 7.05. The van der Waals surface area contributed by atoms with Crippen LogP contribution in [-0.4, -0.2) is 18.1 Å². The van der Waals surface area contributed by atoms with Crippen molar-refractivity contribution in [2.45, 2.75) is 0 Å². The lowest BCUT2D eigenvalue weighted by atomic mass is 11.3. The van der Waals surface area contributed by atoms with Gasteiger partial charge in [-0.05, 0) is 0 Å². The molecule has 2 heteroatoms. The third-order valence-electron chi connectivity index (χ3n) is 0.287. The summed E-state index contributed by atoms with van der Waals surface area (Å²) in [6, 6.07) is 0. The molecular weight excluding hydrogens is 104 g/mol. The van der Waals surface area contributed by atoms with Crippen LogP contribution in [0.25, 0.3) is 0 Å². The number of rotatable bonds is 3. The van der Waals surface area contributed by atoms with E-state index in [1.54, 1.807) is 0 Å². The number of hydrogen-bond donors (Lipinski definition) is 0. The summed E-state index contributed by atoms with van der Waals surface area (Å²) < 4.78 is 0. The minimum absolute atomic E-state index is 0.889.